The molecule has 3 aliphatic rings. The predicted molar refractivity (Wildman–Crippen MR) is 151 cm³/mol. The number of hydrogen-bond donors (Lipinski definition) is 5. The average molecular weight is 579 g/mol. The van der Waals surface area contributed by atoms with Crippen molar-refractivity contribution in [3.05, 3.63) is 68.5 Å². The monoisotopic (exact) mass is 578 g/mol. The Morgan fingerprint density at radius 3 is 2.36 bits per heavy atom. The maximum absolute atomic E-state index is 14.1. The molecule has 13 nitrogen and oxygen atoms in total. The molecule has 42 heavy (non-hydrogen) atoms. The highest BCUT2D eigenvalue weighted by molar-refractivity contribution is 6.24. The summed E-state index contributed by atoms with van der Waals surface area (Å²) in [5.41, 5.74) is 2.62. The molecule has 13 heteroatoms. The number of amides is 1. The molecule has 0 aromatic heterocycles. The standard InChI is InChI=1S/C29H30N4O9/c1-31(2)18-11-15(12-6-5-7-14(8-12)33(41)42)23(34)20-16(18)9-13-10-17-22(32(3)4)25(36)21(28(30)39)27(38)29(17,40)26(37)19(13)24(20)35/h5-8,11,13,17,22,34-35,38,40H,9-10H2,1-4H3,(H2,30,39)/t13-,17-,22-,29-/m0/s1. The van der Waals surface area contributed by atoms with Gasteiger partial charge in [-0.25, -0.2) is 0 Å². The molecule has 5 rings (SSSR count). The van der Waals surface area contributed by atoms with Crippen LogP contribution in [0.25, 0.3) is 16.9 Å². The van der Waals surface area contributed by atoms with Crippen LogP contribution in [0.3, 0.4) is 0 Å². The van der Waals surface area contributed by atoms with Gasteiger partial charge in [0, 0.05) is 49.0 Å². The van der Waals surface area contributed by atoms with Crippen LogP contribution in [-0.2, 0) is 20.8 Å². The number of carbonyl (C=O) groups excluding carboxylic acids is 3. The van der Waals surface area contributed by atoms with Crippen molar-refractivity contribution in [1.82, 2.24) is 4.90 Å². The lowest BCUT2D eigenvalue weighted by atomic mass is 9.57. The van der Waals surface area contributed by atoms with E-state index in [0.29, 0.717) is 11.3 Å². The van der Waals surface area contributed by atoms with Crippen molar-refractivity contribution in [3.8, 4) is 16.9 Å². The number of phenolic OH excluding ortho intramolecular Hbond substituents is 1. The van der Waals surface area contributed by atoms with E-state index in [4.69, 9.17) is 5.73 Å². The smallest absolute Gasteiger partial charge is 0.270 e. The van der Waals surface area contributed by atoms with E-state index in [2.05, 4.69) is 0 Å². The van der Waals surface area contributed by atoms with Gasteiger partial charge in [-0.2, -0.15) is 0 Å². The number of nitro groups is 1. The molecule has 2 aromatic carbocycles. The highest BCUT2D eigenvalue weighted by atomic mass is 16.6. The van der Waals surface area contributed by atoms with Gasteiger partial charge in [0.25, 0.3) is 11.6 Å². The molecule has 0 saturated heterocycles. The van der Waals surface area contributed by atoms with Crippen molar-refractivity contribution < 1.29 is 39.7 Å². The normalized spacial score (nSPS) is 25.2. The quantitative estimate of drug-likeness (QED) is 0.196. The third kappa shape index (κ3) is 3.88. The number of aliphatic hydroxyl groups is 3. The van der Waals surface area contributed by atoms with Gasteiger partial charge < -0.3 is 31.1 Å². The molecule has 3 aliphatic carbocycles. The van der Waals surface area contributed by atoms with Gasteiger partial charge in [-0.3, -0.25) is 29.4 Å². The van der Waals surface area contributed by atoms with Crippen molar-refractivity contribution in [2.75, 3.05) is 33.1 Å². The van der Waals surface area contributed by atoms with E-state index in [1.165, 1.54) is 37.2 Å². The molecule has 0 radical (unpaired) electrons. The molecule has 220 valence electrons. The highest BCUT2D eigenvalue weighted by Crippen LogP contribution is 2.55. The highest BCUT2D eigenvalue weighted by Gasteiger charge is 2.64. The van der Waals surface area contributed by atoms with Crippen LogP contribution in [0, 0.1) is 22.0 Å². The van der Waals surface area contributed by atoms with Crippen molar-refractivity contribution in [2.45, 2.75) is 24.5 Å². The van der Waals surface area contributed by atoms with Crippen molar-refractivity contribution in [2.24, 2.45) is 17.6 Å². The molecule has 4 atom stereocenters. The number of carbonyl (C=O) groups is 3. The Morgan fingerprint density at radius 1 is 1.12 bits per heavy atom. The Labute approximate surface area is 239 Å². The number of phenols is 1. The van der Waals surface area contributed by atoms with Crippen molar-refractivity contribution in [1.29, 1.82) is 0 Å². The number of non-ortho nitro benzene ring substituents is 1. The van der Waals surface area contributed by atoms with Gasteiger partial charge in [-0.05, 0) is 50.0 Å². The van der Waals surface area contributed by atoms with E-state index < -0.39 is 68.7 Å². The second-order valence-corrected chi connectivity index (χ2v) is 11.3. The molecule has 0 heterocycles. The summed E-state index contributed by atoms with van der Waals surface area (Å²) < 4.78 is 0. The summed E-state index contributed by atoms with van der Waals surface area (Å²) in [5, 5.41) is 57.3. The Bertz CT molecular complexity index is 1660. The number of ketones is 2. The summed E-state index contributed by atoms with van der Waals surface area (Å²) in [7, 11) is 6.54. The number of aliphatic hydroxyl groups excluding tert-OH is 2. The average Bonchev–Trinajstić information content (AvgIpc) is 2.90. The van der Waals surface area contributed by atoms with Crippen LogP contribution in [-0.4, -0.2) is 87.6 Å². The number of aromatic hydroxyl groups is 1. The zero-order valence-corrected chi connectivity index (χ0v) is 23.3. The number of hydrogen-bond acceptors (Lipinski definition) is 11. The summed E-state index contributed by atoms with van der Waals surface area (Å²) in [4.78, 5) is 53.5. The lowest BCUT2D eigenvalue weighted by molar-refractivity contribution is -0.384. The van der Waals surface area contributed by atoms with Crippen LogP contribution >= 0.6 is 0 Å². The minimum absolute atomic E-state index is 0.0357. The minimum Gasteiger partial charge on any atom is -0.508 e. The first-order valence-corrected chi connectivity index (χ1v) is 13.1. The van der Waals surface area contributed by atoms with Gasteiger partial charge in [-0.1, -0.05) is 12.1 Å². The third-order valence-corrected chi connectivity index (χ3v) is 8.55. The molecular weight excluding hydrogens is 548 g/mol. The molecule has 1 fully saturated rings. The number of fused-ring (bicyclic) bond motifs is 3. The zero-order valence-electron chi connectivity index (χ0n) is 23.3. The van der Waals surface area contributed by atoms with Gasteiger partial charge in [-0.15, -0.1) is 0 Å². The van der Waals surface area contributed by atoms with Gasteiger partial charge in [0.1, 0.15) is 22.8 Å². The zero-order chi connectivity index (χ0) is 31.0. The van der Waals surface area contributed by atoms with Gasteiger partial charge in [0.2, 0.25) is 5.78 Å². The van der Waals surface area contributed by atoms with E-state index in [9.17, 15) is 44.9 Å². The number of primary amides is 1. The first kappa shape index (κ1) is 28.8. The van der Waals surface area contributed by atoms with Crippen molar-refractivity contribution >= 4 is 34.6 Å². The lowest BCUT2D eigenvalue weighted by Gasteiger charge is -2.50. The Hall–Kier alpha value is -4.75. The maximum atomic E-state index is 14.1. The van der Waals surface area contributed by atoms with Crippen molar-refractivity contribution in [3.63, 3.8) is 0 Å². The third-order valence-electron chi connectivity index (χ3n) is 8.55. The minimum atomic E-state index is -2.75. The summed E-state index contributed by atoms with van der Waals surface area (Å²) in [6.45, 7) is 0. The number of nitrogens with two attached hydrogens (primary N) is 1. The Kier molecular flexibility index (Phi) is 6.62. The van der Waals surface area contributed by atoms with E-state index in [1.54, 1.807) is 31.1 Å². The van der Waals surface area contributed by atoms with Crippen LogP contribution < -0.4 is 10.6 Å². The molecular formula is C29H30N4O9. The van der Waals surface area contributed by atoms with E-state index >= 15 is 0 Å². The number of nitro benzene ring substituents is 1. The number of anilines is 1. The number of likely N-dealkylation sites (N-methyl/N-ethyl adjacent to an activating group) is 1. The topological polar surface area (TPSA) is 208 Å². The van der Waals surface area contributed by atoms with E-state index in [0.717, 1.165) is 0 Å². The molecule has 0 bridgehead atoms. The van der Waals surface area contributed by atoms with Gasteiger partial charge >= 0.3 is 0 Å². The van der Waals surface area contributed by atoms with Gasteiger partial charge in [0.05, 0.1) is 16.5 Å². The maximum Gasteiger partial charge on any atom is 0.270 e. The summed E-state index contributed by atoms with van der Waals surface area (Å²) in [5.74, 6) is -7.41. The fraction of sp³-hybridized carbons (Fsp3) is 0.345. The summed E-state index contributed by atoms with van der Waals surface area (Å²) in [6.07, 6.45) is 0.0802. The molecule has 6 N–H and O–H groups in total. The number of benzene rings is 2. The molecule has 0 aliphatic heterocycles. The molecule has 1 saturated carbocycles. The lowest BCUT2D eigenvalue weighted by Crippen LogP contribution is -2.65. The SMILES string of the molecule is CN(C)c1cc(-c2cccc([N+](=O)[O-])c2)c(O)c2c1C[C@H]1C[C@H]3[C@H](N(C)C)C(=O)C(C(N)=O)=C(O)[C@@]3(O)C(=O)C1=C2O. The Morgan fingerprint density at radius 2 is 1.79 bits per heavy atom. The second kappa shape index (κ2) is 9.67. The van der Waals surface area contributed by atoms with Crippen LogP contribution in [0.2, 0.25) is 0 Å². The van der Waals surface area contributed by atoms with Crippen LogP contribution in [0.1, 0.15) is 17.5 Å². The molecule has 2 aromatic rings. The molecule has 0 unspecified atom stereocenters. The number of rotatable bonds is 5. The van der Waals surface area contributed by atoms with E-state index in [1.807, 2.05) is 0 Å². The number of Topliss-reactive ketones (excluding diaryl/α,β-unsaturated/α-hetero) is 2. The van der Waals surface area contributed by atoms with Crippen LogP contribution in [0.4, 0.5) is 11.4 Å². The van der Waals surface area contributed by atoms with E-state index in [-0.39, 0.29) is 40.8 Å². The summed E-state index contributed by atoms with van der Waals surface area (Å²) >= 11 is 0. The fourth-order valence-corrected chi connectivity index (χ4v) is 6.70. The molecule has 0 spiro atoms. The van der Waals surface area contributed by atoms with Crippen LogP contribution in [0.5, 0.6) is 5.75 Å². The number of nitrogens with zero attached hydrogens (tertiary/aromatic N) is 3. The second-order valence-electron chi connectivity index (χ2n) is 11.3. The van der Waals surface area contributed by atoms with Crippen LogP contribution in [0.15, 0.2) is 47.2 Å². The largest absolute Gasteiger partial charge is 0.508 e. The Balaban J connectivity index is 1.77. The predicted octanol–water partition coefficient (Wildman–Crippen LogP) is 1.61. The fourth-order valence-electron chi connectivity index (χ4n) is 6.70. The first-order valence-electron chi connectivity index (χ1n) is 13.1. The molecule has 1 amide bonds. The summed E-state index contributed by atoms with van der Waals surface area (Å²) in [6, 6.07) is 6.02. The first-order chi connectivity index (χ1) is 19.6. The van der Waals surface area contributed by atoms with Gasteiger partial charge in [0.15, 0.2) is 11.4 Å².